The molecule has 70 valence electrons. The predicted octanol–water partition coefficient (Wildman–Crippen LogP) is -0.00278. The molecule has 0 saturated heterocycles. The van der Waals surface area contributed by atoms with E-state index in [1.165, 1.54) is 13.3 Å². The molecule has 0 aromatic carbocycles. The number of esters is 1. The van der Waals surface area contributed by atoms with Crippen molar-refractivity contribution >= 4 is 11.7 Å². The Kier molecular flexibility index (Phi) is 2.36. The van der Waals surface area contributed by atoms with Crippen LogP contribution in [0.4, 0.5) is 5.69 Å². The third kappa shape index (κ3) is 1.69. The molecule has 1 aromatic heterocycles. The topological polar surface area (TPSA) is 79.3 Å². The Hall–Kier alpha value is -1.78. The molecule has 0 aliphatic carbocycles. The summed E-state index contributed by atoms with van der Waals surface area (Å²) >= 11 is 0. The van der Waals surface area contributed by atoms with Crippen molar-refractivity contribution in [2.24, 2.45) is 0 Å². The number of nitrogens with zero attached hydrogens (tertiary/aromatic N) is 1. The number of nitrogen functional groups attached to an aromatic ring is 1. The number of hydrogen-bond acceptors (Lipinski definition) is 4. The molecule has 0 radical (unpaired) electrons. The highest BCUT2D eigenvalue weighted by atomic mass is 16.5. The molecule has 0 saturated carbocycles. The van der Waals surface area contributed by atoms with Crippen LogP contribution in [0.5, 0.6) is 0 Å². The van der Waals surface area contributed by atoms with Gasteiger partial charge in [0.25, 0.3) is 0 Å². The Balaban J connectivity index is 3.28. The minimum atomic E-state index is -0.532. The van der Waals surface area contributed by atoms with E-state index in [-0.39, 0.29) is 11.3 Å². The van der Waals surface area contributed by atoms with E-state index in [0.29, 0.717) is 10.3 Å². The lowest BCUT2D eigenvalue weighted by Crippen LogP contribution is -2.28. The Labute approximate surface area is 75.3 Å². The van der Waals surface area contributed by atoms with Crippen molar-refractivity contribution in [1.29, 1.82) is 0 Å². The number of nitrogens with two attached hydrogens (primary N) is 1. The van der Waals surface area contributed by atoms with E-state index in [1.54, 1.807) is 6.92 Å². The molecule has 1 rings (SSSR count). The summed E-state index contributed by atoms with van der Waals surface area (Å²) in [7, 11) is 1.26. The van der Waals surface area contributed by atoms with Crippen molar-refractivity contribution in [2.75, 3.05) is 12.8 Å². The fraction of sp³-hybridized carbons (Fsp3) is 0.250. The molecule has 1 aromatic rings. The zero-order valence-electron chi connectivity index (χ0n) is 7.40. The minimum Gasteiger partial charge on any atom is -0.619 e. The molecule has 0 aliphatic rings. The molecular weight excluding hydrogens is 172 g/mol. The number of methoxy groups -OCH3 is 1. The quantitative estimate of drug-likeness (QED) is 0.376. The number of hydrogen-bond donors (Lipinski definition) is 1. The van der Waals surface area contributed by atoms with Gasteiger partial charge in [-0.1, -0.05) is 0 Å². The van der Waals surface area contributed by atoms with Crippen molar-refractivity contribution in [3.63, 3.8) is 0 Å². The van der Waals surface area contributed by atoms with E-state index in [4.69, 9.17) is 5.73 Å². The first-order chi connectivity index (χ1) is 6.06. The van der Waals surface area contributed by atoms with Gasteiger partial charge in [0.2, 0.25) is 6.20 Å². The van der Waals surface area contributed by atoms with Crippen LogP contribution in [0, 0.1) is 12.1 Å². The van der Waals surface area contributed by atoms with E-state index in [1.807, 2.05) is 0 Å². The van der Waals surface area contributed by atoms with Crippen LogP contribution in [-0.4, -0.2) is 13.1 Å². The number of ether oxygens (including phenoxy) is 1. The van der Waals surface area contributed by atoms with Crippen molar-refractivity contribution in [1.82, 2.24) is 0 Å². The van der Waals surface area contributed by atoms with Crippen LogP contribution in [-0.2, 0) is 4.74 Å². The Bertz CT molecular complexity index is 326. The van der Waals surface area contributed by atoms with Crippen molar-refractivity contribution < 1.29 is 14.3 Å². The smallest absolute Gasteiger partial charge is 0.340 e. The second-order valence-electron chi connectivity index (χ2n) is 2.62. The van der Waals surface area contributed by atoms with Crippen LogP contribution in [0.2, 0.25) is 0 Å². The van der Waals surface area contributed by atoms with E-state index < -0.39 is 5.97 Å². The van der Waals surface area contributed by atoms with E-state index >= 15 is 0 Å². The largest absolute Gasteiger partial charge is 0.619 e. The molecule has 0 bridgehead atoms. The number of carbonyl (C=O) groups is 1. The first-order valence-corrected chi connectivity index (χ1v) is 3.63. The first-order valence-electron chi connectivity index (χ1n) is 3.63. The number of aryl methyl sites for hydroxylation is 1. The van der Waals surface area contributed by atoms with E-state index in [9.17, 15) is 10.0 Å². The van der Waals surface area contributed by atoms with Gasteiger partial charge in [-0.2, -0.15) is 4.73 Å². The second kappa shape index (κ2) is 3.30. The lowest BCUT2D eigenvalue weighted by molar-refractivity contribution is -0.605. The van der Waals surface area contributed by atoms with Gasteiger partial charge in [0, 0.05) is 5.56 Å². The number of pyridine rings is 1. The summed E-state index contributed by atoms with van der Waals surface area (Å²) < 4.78 is 5.06. The highest BCUT2D eigenvalue weighted by molar-refractivity contribution is 5.95. The molecule has 5 nitrogen and oxygen atoms in total. The van der Waals surface area contributed by atoms with Gasteiger partial charge >= 0.3 is 5.97 Å². The molecule has 0 aliphatic heterocycles. The molecule has 13 heavy (non-hydrogen) atoms. The number of aromatic nitrogens is 1. The van der Waals surface area contributed by atoms with Crippen molar-refractivity contribution in [3.8, 4) is 0 Å². The van der Waals surface area contributed by atoms with Crippen LogP contribution in [0.1, 0.15) is 15.9 Å². The average molecular weight is 182 g/mol. The monoisotopic (exact) mass is 182 g/mol. The fourth-order valence-electron chi connectivity index (χ4n) is 1.10. The maximum Gasteiger partial charge on any atom is 0.340 e. The lowest BCUT2D eigenvalue weighted by atomic mass is 10.1. The van der Waals surface area contributed by atoms with E-state index in [0.717, 1.165) is 6.20 Å². The Morgan fingerprint density at radius 3 is 2.69 bits per heavy atom. The van der Waals surface area contributed by atoms with Crippen molar-refractivity contribution in [3.05, 3.63) is 28.7 Å². The summed E-state index contributed by atoms with van der Waals surface area (Å²) in [6.45, 7) is 1.62. The molecule has 0 atom stereocenters. The number of rotatable bonds is 1. The highest BCUT2D eigenvalue weighted by Crippen LogP contribution is 2.14. The highest BCUT2D eigenvalue weighted by Gasteiger charge is 2.16. The van der Waals surface area contributed by atoms with Gasteiger partial charge in [-0.3, -0.25) is 0 Å². The van der Waals surface area contributed by atoms with Crippen LogP contribution in [0.15, 0.2) is 12.4 Å². The number of carbonyl (C=O) groups excluding carboxylic acids is 1. The zero-order valence-corrected chi connectivity index (χ0v) is 7.40. The van der Waals surface area contributed by atoms with Gasteiger partial charge < -0.3 is 15.7 Å². The van der Waals surface area contributed by atoms with Crippen LogP contribution in [0.25, 0.3) is 0 Å². The lowest BCUT2D eigenvalue weighted by Gasteiger charge is -2.06. The maximum absolute atomic E-state index is 11.2. The summed E-state index contributed by atoms with van der Waals surface area (Å²) in [5.41, 5.74) is 6.35. The molecule has 0 fully saturated rings. The fourth-order valence-corrected chi connectivity index (χ4v) is 1.10. The maximum atomic E-state index is 11.2. The van der Waals surface area contributed by atoms with Crippen molar-refractivity contribution in [2.45, 2.75) is 6.92 Å². The van der Waals surface area contributed by atoms with Gasteiger partial charge in [-0.25, -0.2) is 4.79 Å². The normalized spacial score (nSPS) is 9.69. The van der Waals surface area contributed by atoms with Crippen LogP contribution in [0.3, 0.4) is 0 Å². The summed E-state index contributed by atoms with van der Waals surface area (Å²) in [5, 5.41) is 10.9. The molecule has 2 N–H and O–H groups in total. The standard InChI is InChI=1S/C8H10N2O3/c1-5-3-10(12)4-6(9)7(5)8(11)13-2/h3-4H,9H2,1-2H3. The molecular formula is C8H10N2O3. The summed E-state index contributed by atoms with van der Waals surface area (Å²) in [4.78, 5) is 11.2. The van der Waals surface area contributed by atoms with Gasteiger partial charge in [0.15, 0.2) is 6.20 Å². The average Bonchev–Trinajstić information content (AvgIpc) is 2.02. The zero-order chi connectivity index (χ0) is 10.0. The summed E-state index contributed by atoms with van der Waals surface area (Å²) in [6.07, 6.45) is 2.39. The van der Waals surface area contributed by atoms with Gasteiger partial charge in [-0.05, 0) is 6.92 Å². The van der Waals surface area contributed by atoms with Crippen LogP contribution < -0.4 is 10.5 Å². The summed E-state index contributed by atoms with van der Waals surface area (Å²) in [6, 6.07) is 0. The van der Waals surface area contributed by atoms with Gasteiger partial charge in [-0.15, -0.1) is 0 Å². The molecule has 0 amide bonds. The SMILES string of the molecule is COC(=O)c1c(C)c[n+]([O-])cc1N. The predicted molar refractivity (Wildman–Crippen MR) is 45.9 cm³/mol. The van der Waals surface area contributed by atoms with Gasteiger partial charge in [0.1, 0.15) is 5.69 Å². The third-order valence-electron chi connectivity index (χ3n) is 1.66. The Morgan fingerprint density at radius 2 is 2.23 bits per heavy atom. The third-order valence-corrected chi connectivity index (χ3v) is 1.66. The Morgan fingerprint density at radius 1 is 1.62 bits per heavy atom. The number of anilines is 1. The first kappa shape index (κ1) is 9.31. The minimum absolute atomic E-state index is 0.127. The molecule has 1 heterocycles. The van der Waals surface area contributed by atoms with Gasteiger partial charge in [0.05, 0.1) is 12.7 Å². The molecule has 0 unspecified atom stereocenters. The van der Waals surface area contributed by atoms with E-state index in [2.05, 4.69) is 4.74 Å². The molecule has 5 heteroatoms. The molecule has 0 spiro atoms. The second-order valence-corrected chi connectivity index (χ2v) is 2.62. The summed E-state index contributed by atoms with van der Waals surface area (Å²) in [5.74, 6) is -0.532. The van der Waals surface area contributed by atoms with Crippen LogP contribution >= 0.6 is 0 Å².